The minimum absolute atomic E-state index is 0.0793. The van der Waals surface area contributed by atoms with E-state index in [9.17, 15) is 9.59 Å². The molecule has 0 saturated heterocycles. The van der Waals surface area contributed by atoms with Crippen LogP contribution in [0.1, 0.15) is 0 Å². The summed E-state index contributed by atoms with van der Waals surface area (Å²) in [5, 5.41) is 11.4. The van der Waals surface area contributed by atoms with Crippen LogP contribution >= 0.6 is 11.6 Å². The van der Waals surface area contributed by atoms with Crippen LogP contribution in [-0.4, -0.2) is 28.7 Å². The molecular formula is C8H5ClN2O3. The van der Waals surface area contributed by atoms with Crippen molar-refractivity contribution in [2.45, 2.75) is 6.17 Å². The molecule has 14 heavy (non-hydrogen) atoms. The lowest BCUT2D eigenvalue weighted by Gasteiger charge is -2.14. The van der Waals surface area contributed by atoms with E-state index in [2.05, 4.69) is 10.3 Å². The van der Waals surface area contributed by atoms with Crippen molar-refractivity contribution in [3.8, 4) is 0 Å². The smallest absolute Gasteiger partial charge is 0.355 e. The molecule has 0 bridgehead atoms. The molecule has 1 unspecified atom stereocenters. The van der Waals surface area contributed by atoms with Crippen molar-refractivity contribution in [2.24, 2.45) is 4.99 Å². The third-order valence-electron chi connectivity index (χ3n) is 1.93. The van der Waals surface area contributed by atoms with Gasteiger partial charge in [0.2, 0.25) is 0 Å². The predicted molar refractivity (Wildman–Crippen MR) is 49.0 cm³/mol. The van der Waals surface area contributed by atoms with Gasteiger partial charge in [0.1, 0.15) is 0 Å². The Morgan fingerprint density at radius 1 is 1.64 bits per heavy atom. The summed E-state index contributed by atoms with van der Waals surface area (Å²) in [6.45, 7) is 0. The molecule has 2 rings (SSSR count). The third-order valence-corrected chi connectivity index (χ3v) is 2.32. The van der Waals surface area contributed by atoms with E-state index in [1.165, 1.54) is 12.3 Å². The van der Waals surface area contributed by atoms with Gasteiger partial charge >= 0.3 is 5.97 Å². The minimum atomic E-state index is -1.23. The van der Waals surface area contributed by atoms with E-state index in [-0.39, 0.29) is 22.1 Å². The van der Waals surface area contributed by atoms with Crippen LogP contribution in [-0.2, 0) is 9.59 Å². The molecule has 2 N–H and O–H groups in total. The van der Waals surface area contributed by atoms with Crippen molar-refractivity contribution >= 4 is 29.1 Å². The second-order valence-corrected chi connectivity index (χ2v) is 3.16. The Bertz CT molecular complexity index is 422. The fourth-order valence-corrected chi connectivity index (χ4v) is 1.64. The highest BCUT2D eigenvalue weighted by Crippen LogP contribution is 2.26. The number of carbonyl (C=O) groups is 2. The van der Waals surface area contributed by atoms with Gasteiger partial charge in [0.05, 0.1) is 10.6 Å². The van der Waals surface area contributed by atoms with E-state index in [0.717, 1.165) is 0 Å². The number of ketones is 1. The van der Waals surface area contributed by atoms with E-state index in [1.807, 2.05) is 0 Å². The predicted octanol–water partition coefficient (Wildman–Crippen LogP) is 0.0306. The maximum Gasteiger partial charge on any atom is 0.355 e. The topological polar surface area (TPSA) is 78.8 Å². The van der Waals surface area contributed by atoms with Crippen LogP contribution in [0, 0.1) is 0 Å². The third kappa shape index (κ3) is 1.13. The maximum atomic E-state index is 11.3. The quantitative estimate of drug-likeness (QED) is 0.643. The normalized spacial score (nSPS) is 24.5. The molecule has 0 aliphatic carbocycles. The van der Waals surface area contributed by atoms with E-state index in [0.29, 0.717) is 0 Å². The second-order valence-electron chi connectivity index (χ2n) is 2.78. The molecule has 0 fully saturated rings. The Hall–Kier alpha value is -1.62. The van der Waals surface area contributed by atoms with E-state index < -0.39 is 12.1 Å². The highest BCUT2D eigenvalue weighted by atomic mass is 35.5. The molecule has 0 spiro atoms. The number of hydrogen-bond donors (Lipinski definition) is 2. The van der Waals surface area contributed by atoms with E-state index >= 15 is 0 Å². The second kappa shape index (κ2) is 2.95. The zero-order valence-corrected chi connectivity index (χ0v) is 7.58. The zero-order valence-electron chi connectivity index (χ0n) is 6.82. The number of allylic oxidation sites excluding steroid dienone is 1. The maximum absolute atomic E-state index is 11.3. The Kier molecular flexibility index (Phi) is 1.89. The average Bonchev–Trinajstić information content (AvgIpc) is 2.45. The fourth-order valence-electron chi connectivity index (χ4n) is 1.32. The van der Waals surface area contributed by atoms with Crippen molar-refractivity contribution in [2.75, 3.05) is 0 Å². The summed E-state index contributed by atoms with van der Waals surface area (Å²) in [4.78, 5) is 25.7. The van der Waals surface area contributed by atoms with Crippen LogP contribution in [0.3, 0.4) is 0 Å². The number of carbonyl (C=O) groups excluding carboxylic acids is 1. The molecule has 0 aromatic heterocycles. The lowest BCUT2D eigenvalue weighted by molar-refractivity contribution is -0.129. The number of aliphatic carboxylic acids is 1. The first-order valence-corrected chi connectivity index (χ1v) is 4.17. The van der Waals surface area contributed by atoms with Gasteiger partial charge in [0, 0.05) is 12.3 Å². The van der Waals surface area contributed by atoms with Crippen molar-refractivity contribution in [3.63, 3.8) is 0 Å². The molecule has 5 nitrogen and oxygen atoms in total. The minimum Gasteiger partial charge on any atom is -0.476 e. The van der Waals surface area contributed by atoms with E-state index in [1.54, 1.807) is 0 Å². The molecular weight excluding hydrogens is 208 g/mol. The Morgan fingerprint density at radius 3 is 2.93 bits per heavy atom. The van der Waals surface area contributed by atoms with Gasteiger partial charge in [0.15, 0.2) is 17.7 Å². The van der Waals surface area contributed by atoms with Crippen molar-refractivity contribution in [3.05, 3.63) is 22.9 Å². The average molecular weight is 213 g/mol. The summed E-state index contributed by atoms with van der Waals surface area (Å²) in [5.74, 6) is -1.54. The molecule has 2 aliphatic rings. The summed E-state index contributed by atoms with van der Waals surface area (Å²) < 4.78 is 0. The van der Waals surface area contributed by atoms with Gasteiger partial charge in [-0.2, -0.15) is 0 Å². The highest BCUT2D eigenvalue weighted by Gasteiger charge is 2.35. The molecule has 2 heterocycles. The molecule has 0 amide bonds. The van der Waals surface area contributed by atoms with Gasteiger partial charge in [-0.1, -0.05) is 11.6 Å². The largest absolute Gasteiger partial charge is 0.476 e. The number of nitrogens with one attached hydrogen (secondary N) is 1. The number of nitrogens with zero attached hydrogens (tertiary/aromatic N) is 1. The van der Waals surface area contributed by atoms with Crippen molar-refractivity contribution < 1.29 is 14.7 Å². The number of hydrogen-bond acceptors (Lipinski definition) is 4. The summed E-state index contributed by atoms with van der Waals surface area (Å²) in [6, 6.07) is 0. The first-order chi connectivity index (χ1) is 6.61. The van der Waals surface area contributed by atoms with Crippen LogP contribution in [0.5, 0.6) is 0 Å². The van der Waals surface area contributed by atoms with Crippen LogP contribution in [0.25, 0.3) is 0 Å². The number of carboxylic acid groups (broad SMARTS) is 1. The van der Waals surface area contributed by atoms with Gasteiger partial charge in [-0.15, -0.1) is 0 Å². The number of fused-ring (bicyclic) bond motifs is 1. The zero-order chi connectivity index (χ0) is 10.3. The SMILES string of the molecule is O=C(O)C1=NC2NC=CC(=O)C2=C1Cl. The Labute approximate surface area is 83.8 Å². The summed E-state index contributed by atoms with van der Waals surface area (Å²) in [5.41, 5.74) is -0.0669. The molecule has 2 aliphatic heterocycles. The van der Waals surface area contributed by atoms with Crippen LogP contribution < -0.4 is 5.32 Å². The summed E-state index contributed by atoms with van der Waals surface area (Å²) in [6.07, 6.45) is 2.06. The summed E-state index contributed by atoms with van der Waals surface area (Å²) in [7, 11) is 0. The first kappa shape index (κ1) is 8.96. The fraction of sp³-hybridized carbons (Fsp3) is 0.125. The summed E-state index contributed by atoms with van der Waals surface area (Å²) >= 11 is 5.71. The van der Waals surface area contributed by atoms with Crippen molar-refractivity contribution in [1.29, 1.82) is 0 Å². The van der Waals surface area contributed by atoms with Crippen LogP contribution in [0.15, 0.2) is 27.9 Å². The van der Waals surface area contributed by atoms with E-state index in [4.69, 9.17) is 16.7 Å². The molecule has 72 valence electrons. The van der Waals surface area contributed by atoms with Gasteiger partial charge in [-0.25, -0.2) is 9.79 Å². The van der Waals surface area contributed by atoms with Crippen LogP contribution in [0.4, 0.5) is 0 Å². The highest BCUT2D eigenvalue weighted by molar-refractivity contribution is 6.60. The molecule has 0 radical (unpaired) electrons. The Morgan fingerprint density at radius 2 is 2.36 bits per heavy atom. The monoisotopic (exact) mass is 212 g/mol. The first-order valence-electron chi connectivity index (χ1n) is 3.79. The lowest BCUT2D eigenvalue weighted by atomic mass is 10.1. The number of aliphatic imine (C=N–C) groups is 1. The Balaban J connectivity index is 2.49. The number of halogens is 1. The van der Waals surface area contributed by atoms with Gasteiger partial charge < -0.3 is 10.4 Å². The van der Waals surface area contributed by atoms with Crippen molar-refractivity contribution in [1.82, 2.24) is 5.32 Å². The van der Waals surface area contributed by atoms with Gasteiger partial charge in [0.25, 0.3) is 0 Å². The standard InChI is InChI=1S/C8H5ClN2O3/c9-5-4-3(12)1-2-10-7(4)11-6(5)8(13)14/h1-2,7,10H,(H,13,14). The number of carboxylic acids is 1. The molecule has 0 aromatic rings. The molecule has 1 atom stereocenters. The molecule has 6 heteroatoms. The molecule has 0 saturated carbocycles. The van der Waals surface area contributed by atoms with Gasteiger partial charge in [-0.05, 0) is 0 Å². The van der Waals surface area contributed by atoms with Crippen LogP contribution in [0.2, 0.25) is 0 Å². The lowest BCUT2D eigenvalue weighted by Crippen LogP contribution is -2.30. The molecule has 0 aromatic carbocycles. The van der Waals surface area contributed by atoms with Gasteiger partial charge in [-0.3, -0.25) is 4.79 Å². The number of rotatable bonds is 1.